The lowest BCUT2D eigenvalue weighted by Gasteiger charge is -2.16. The zero-order valence-corrected chi connectivity index (χ0v) is 14.8. The molecule has 2 aromatic rings. The molecule has 130 valence electrons. The van der Waals surface area contributed by atoms with Crippen molar-refractivity contribution in [2.24, 2.45) is 0 Å². The third kappa shape index (κ3) is 3.48. The van der Waals surface area contributed by atoms with Crippen LogP contribution in [0.2, 0.25) is 0 Å². The summed E-state index contributed by atoms with van der Waals surface area (Å²) in [5.74, 6) is -0.836. The number of hydrogen-bond acceptors (Lipinski definition) is 2. The van der Waals surface area contributed by atoms with Crippen molar-refractivity contribution in [3.8, 4) is 0 Å². The van der Waals surface area contributed by atoms with E-state index in [0.29, 0.717) is 5.56 Å². The van der Waals surface area contributed by atoms with E-state index < -0.39 is 5.97 Å². The minimum Gasteiger partial charge on any atom is -0.478 e. The number of benzene rings is 1. The van der Waals surface area contributed by atoms with Crippen molar-refractivity contribution in [1.82, 2.24) is 9.47 Å². The first-order valence-corrected chi connectivity index (χ1v) is 9.10. The summed E-state index contributed by atoms with van der Waals surface area (Å²) in [5, 5.41) is 10.5. The Kier molecular flexibility index (Phi) is 5.24. The molecule has 1 aliphatic carbocycles. The van der Waals surface area contributed by atoms with Crippen molar-refractivity contribution < 1.29 is 9.90 Å². The fourth-order valence-corrected chi connectivity index (χ4v) is 3.92. The number of carboxylic acid groups (broad SMARTS) is 1. The minimum atomic E-state index is -0.836. The van der Waals surface area contributed by atoms with E-state index in [2.05, 4.69) is 23.6 Å². The van der Waals surface area contributed by atoms with Gasteiger partial charge in [0.1, 0.15) is 0 Å². The minimum absolute atomic E-state index is 0.401. The summed E-state index contributed by atoms with van der Waals surface area (Å²) in [6, 6.07) is 5.65. The molecule has 1 aromatic carbocycles. The largest absolute Gasteiger partial charge is 0.478 e. The van der Waals surface area contributed by atoms with Gasteiger partial charge < -0.3 is 14.6 Å². The molecule has 1 heterocycles. The molecule has 0 unspecified atom stereocenters. The Morgan fingerprint density at radius 2 is 1.92 bits per heavy atom. The lowest BCUT2D eigenvalue weighted by molar-refractivity contribution is 0.0697. The number of carbonyl (C=O) groups is 1. The Hall–Kier alpha value is -1.81. The standard InChI is InChI=1S/C20H28N2O2/c1-21(2)12-7-13-22-18-9-6-4-3-5-8-16(18)17-14-15(20(23)24)10-11-19(17)22/h10-11,14H,3-9,12-13H2,1-2H3,(H,23,24). The summed E-state index contributed by atoms with van der Waals surface area (Å²) in [5.41, 5.74) is 4.46. The van der Waals surface area contributed by atoms with Gasteiger partial charge in [-0.3, -0.25) is 0 Å². The van der Waals surface area contributed by atoms with Crippen molar-refractivity contribution >= 4 is 16.9 Å². The van der Waals surface area contributed by atoms with E-state index in [0.717, 1.165) is 37.7 Å². The van der Waals surface area contributed by atoms with E-state index in [9.17, 15) is 9.90 Å². The first kappa shape index (κ1) is 17.0. The number of hydrogen-bond donors (Lipinski definition) is 1. The molecule has 1 aromatic heterocycles. The van der Waals surface area contributed by atoms with Gasteiger partial charge in [-0.1, -0.05) is 12.8 Å². The van der Waals surface area contributed by atoms with Crippen molar-refractivity contribution in [3.63, 3.8) is 0 Å². The first-order valence-electron chi connectivity index (χ1n) is 9.10. The number of nitrogens with zero attached hydrogens (tertiary/aromatic N) is 2. The van der Waals surface area contributed by atoms with Crippen LogP contribution in [0.3, 0.4) is 0 Å². The van der Waals surface area contributed by atoms with Crippen LogP contribution in [-0.2, 0) is 19.4 Å². The number of carboxylic acids is 1. The van der Waals surface area contributed by atoms with E-state index in [4.69, 9.17) is 0 Å². The van der Waals surface area contributed by atoms with Crippen LogP contribution in [-0.4, -0.2) is 41.2 Å². The second-order valence-corrected chi connectivity index (χ2v) is 7.19. The number of rotatable bonds is 5. The maximum atomic E-state index is 11.4. The van der Waals surface area contributed by atoms with Crippen LogP contribution in [0.15, 0.2) is 18.2 Å². The predicted octanol–water partition coefficient (Wildman–Crippen LogP) is 3.95. The average Bonchev–Trinajstić information content (AvgIpc) is 2.78. The van der Waals surface area contributed by atoms with Crippen LogP contribution in [0.5, 0.6) is 0 Å². The Morgan fingerprint density at radius 3 is 2.62 bits per heavy atom. The smallest absolute Gasteiger partial charge is 0.335 e. The maximum absolute atomic E-state index is 11.4. The van der Waals surface area contributed by atoms with Gasteiger partial charge in [0.05, 0.1) is 5.56 Å². The van der Waals surface area contributed by atoms with E-state index in [1.807, 2.05) is 12.1 Å². The third-order valence-corrected chi connectivity index (χ3v) is 5.11. The summed E-state index contributed by atoms with van der Waals surface area (Å²) in [6.45, 7) is 2.08. The van der Waals surface area contributed by atoms with Crippen molar-refractivity contribution in [1.29, 1.82) is 0 Å². The Labute approximate surface area is 144 Å². The van der Waals surface area contributed by atoms with Gasteiger partial charge in [0.2, 0.25) is 0 Å². The van der Waals surface area contributed by atoms with Gasteiger partial charge in [0, 0.05) is 23.1 Å². The highest BCUT2D eigenvalue weighted by Crippen LogP contribution is 2.32. The Bertz CT molecular complexity index is 731. The number of aromatic nitrogens is 1. The molecule has 24 heavy (non-hydrogen) atoms. The van der Waals surface area contributed by atoms with Gasteiger partial charge in [0.25, 0.3) is 0 Å². The topological polar surface area (TPSA) is 45.5 Å². The summed E-state index contributed by atoms with van der Waals surface area (Å²) in [6.07, 6.45) is 8.35. The zero-order chi connectivity index (χ0) is 17.1. The SMILES string of the molecule is CN(C)CCCn1c2c(c3cc(C(=O)O)ccc31)CCCCCC2. The van der Waals surface area contributed by atoms with Crippen molar-refractivity contribution in [3.05, 3.63) is 35.0 Å². The summed E-state index contributed by atoms with van der Waals surface area (Å²) in [7, 11) is 4.22. The molecule has 0 radical (unpaired) electrons. The highest BCUT2D eigenvalue weighted by Gasteiger charge is 2.19. The molecule has 0 aliphatic heterocycles. The Balaban J connectivity index is 2.06. The number of aryl methyl sites for hydroxylation is 2. The van der Waals surface area contributed by atoms with E-state index in [1.54, 1.807) is 6.07 Å². The molecule has 0 fully saturated rings. The van der Waals surface area contributed by atoms with E-state index >= 15 is 0 Å². The average molecular weight is 328 g/mol. The second-order valence-electron chi connectivity index (χ2n) is 7.19. The second kappa shape index (κ2) is 7.39. The number of fused-ring (bicyclic) bond motifs is 3. The molecule has 0 saturated heterocycles. The third-order valence-electron chi connectivity index (χ3n) is 5.11. The molecule has 0 spiro atoms. The molecule has 0 saturated carbocycles. The first-order chi connectivity index (χ1) is 11.6. The van der Waals surface area contributed by atoms with Gasteiger partial charge in [-0.15, -0.1) is 0 Å². The molecule has 3 rings (SSSR count). The molecule has 0 bridgehead atoms. The van der Waals surface area contributed by atoms with Gasteiger partial charge >= 0.3 is 5.97 Å². The molecule has 0 amide bonds. The fourth-order valence-electron chi connectivity index (χ4n) is 3.92. The molecule has 4 nitrogen and oxygen atoms in total. The maximum Gasteiger partial charge on any atom is 0.335 e. The van der Waals surface area contributed by atoms with Gasteiger partial charge in [-0.05, 0) is 76.5 Å². The van der Waals surface area contributed by atoms with Crippen LogP contribution in [0.25, 0.3) is 10.9 Å². The molecular weight excluding hydrogens is 300 g/mol. The van der Waals surface area contributed by atoms with Gasteiger partial charge in [-0.2, -0.15) is 0 Å². The number of aromatic carboxylic acids is 1. The lowest BCUT2D eigenvalue weighted by atomic mass is 9.96. The van der Waals surface area contributed by atoms with Crippen LogP contribution < -0.4 is 0 Å². The normalized spacial score (nSPS) is 15.3. The van der Waals surface area contributed by atoms with Crippen LogP contribution in [0.4, 0.5) is 0 Å². The summed E-state index contributed by atoms with van der Waals surface area (Å²) < 4.78 is 2.46. The monoisotopic (exact) mass is 328 g/mol. The van der Waals surface area contributed by atoms with Gasteiger partial charge in [0.15, 0.2) is 0 Å². The fraction of sp³-hybridized carbons (Fsp3) is 0.550. The van der Waals surface area contributed by atoms with Crippen LogP contribution in [0, 0.1) is 0 Å². The molecule has 0 atom stereocenters. The lowest BCUT2D eigenvalue weighted by Crippen LogP contribution is -2.16. The highest BCUT2D eigenvalue weighted by molar-refractivity contribution is 5.95. The summed E-state index contributed by atoms with van der Waals surface area (Å²) >= 11 is 0. The van der Waals surface area contributed by atoms with E-state index in [1.165, 1.54) is 42.5 Å². The molecule has 4 heteroatoms. The van der Waals surface area contributed by atoms with E-state index in [-0.39, 0.29) is 0 Å². The molecular formula is C20H28N2O2. The van der Waals surface area contributed by atoms with Crippen molar-refractivity contribution in [2.75, 3.05) is 20.6 Å². The van der Waals surface area contributed by atoms with Crippen LogP contribution in [0.1, 0.15) is 53.7 Å². The molecule has 1 aliphatic rings. The van der Waals surface area contributed by atoms with Crippen molar-refractivity contribution in [2.45, 2.75) is 51.5 Å². The van der Waals surface area contributed by atoms with Gasteiger partial charge in [-0.25, -0.2) is 4.79 Å². The van der Waals surface area contributed by atoms with Crippen LogP contribution >= 0.6 is 0 Å². The quantitative estimate of drug-likeness (QED) is 0.904. The Morgan fingerprint density at radius 1 is 1.17 bits per heavy atom. The predicted molar refractivity (Wildman–Crippen MR) is 97.9 cm³/mol. The zero-order valence-electron chi connectivity index (χ0n) is 14.8. The molecule has 1 N–H and O–H groups in total. The summed E-state index contributed by atoms with van der Waals surface area (Å²) in [4.78, 5) is 13.6. The highest BCUT2D eigenvalue weighted by atomic mass is 16.4.